The summed E-state index contributed by atoms with van der Waals surface area (Å²) < 4.78 is 24.1. The highest BCUT2D eigenvalue weighted by Gasteiger charge is 2.37. The Morgan fingerprint density at radius 1 is 0.311 bits per heavy atom. The van der Waals surface area contributed by atoms with Gasteiger partial charge in [-0.2, -0.15) is 0 Å². The normalized spacial score (nSPS) is 11.3. The Labute approximate surface area is 358 Å². The second kappa shape index (κ2) is 19.6. The molecule has 302 valence electrons. The van der Waals surface area contributed by atoms with E-state index in [1.54, 1.807) is 24.3 Å². The second-order valence-corrected chi connectivity index (χ2v) is 14.9. The van der Waals surface area contributed by atoms with Crippen molar-refractivity contribution in [2.45, 2.75) is 23.7 Å². The van der Waals surface area contributed by atoms with Gasteiger partial charge in [0, 0.05) is 10.8 Å². The first-order valence-corrected chi connectivity index (χ1v) is 20.8. The van der Waals surface area contributed by atoms with Crippen molar-refractivity contribution in [3.63, 3.8) is 0 Å². The van der Waals surface area contributed by atoms with Crippen molar-refractivity contribution in [2.75, 3.05) is 19.8 Å². The van der Waals surface area contributed by atoms with Gasteiger partial charge in [-0.05, 0) is 94.8 Å². The molecule has 0 saturated heterocycles. The molecular formula is C56H48O5. The van der Waals surface area contributed by atoms with Crippen molar-refractivity contribution in [2.24, 2.45) is 0 Å². The molecule has 5 nitrogen and oxygen atoms in total. The monoisotopic (exact) mass is 800 g/mol. The first-order chi connectivity index (χ1) is 30.1. The van der Waals surface area contributed by atoms with Crippen molar-refractivity contribution in [3.8, 4) is 23.0 Å². The fraction of sp³-hybridized carbons (Fsp3) is 0.125. The van der Waals surface area contributed by atoms with Gasteiger partial charge in [0.2, 0.25) is 0 Å². The minimum atomic E-state index is -0.508. The van der Waals surface area contributed by atoms with E-state index < -0.39 is 16.8 Å². The molecule has 0 aromatic heterocycles. The summed E-state index contributed by atoms with van der Waals surface area (Å²) >= 11 is 0. The molecule has 0 aliphatic rings. The van der Waals surface area contributed by atoms with E-state index in [0.29, 0.717) is 42.6 Å². The van der Waals surface area contributed by atoms with E-state index >= 15 is 0 Å². The summed E-state index contributed by atoms with van der Waals surface area (Å²) in [6.07, 6.45) is 1.43. The van der Waals surface area contributed by atoms with Crippen LogP contribution in [0.15, 0.2) is 231 Å². The van der Waals surface area contributed by atoms with Crippen molar-refractivity contribution < 1.29 is 23.7 Å². The molecule has 0 saturated carbocycles. The van der Waals surface area contributed by atoms with E-state index in [-0.39, 0.29) is 6.61 Å². The SMILES string of the molecule is O=C(COc1ccc(OCCC(c2ccccc2)(c2ccccc2)c2ccccc2)cc1)Oc1ccc(OCCC(c2ccccc2)(c2ccccc2)c2ccccc2)cc1. The third-order valence-electron chi connectivity index (χ3n) is 11.3. The van der Waals surface area contributed by atoms with Crippen LogP contribution in [0, 0.1) is 0 Å². The molecule has 0 radical (unpaired) electrons. The lowest BCUT2D eigenvalue weighted by Crippen LogP contribution is -2.31. The average molecular weight is 801 g/mol. The molecule has 0 heterocycles. The third kappa shape index (κ3) is 9.43. The third-order valence-corrected chi connectivity index (χ3v) is 11.3. The van der Waals surface area contributed by atoms with Crippen LogP contribution in [-0.2, 0) is 15.6 Å². The number of benzene rings is 8. The smallest absolute Gasteiger partial charge is 0.349 e. The quantitative estimate of drug-likeness (QED) is 0.0491. The van der Waals surface area contributed by atoms with Gasteiger partial charge >= 0.3 is 5.97 Å². The van der Waals surface area contributed by atoms with Gasteiger partial charge in [0.1, 0.15) is 23.0 Å². The largest absolute Gasteiger partial charge is 0.494 e. The Morgan fingerprint density at radius 2 is 0.557 bits per heavy atom. The first kappa shape index (κ1) is 40.4. The van der Waals surface area contributed by atoms with Gasteiger partial charge in [-0.15, -0.1) is 0 Å². The molecule has 61 heavy (non-hydrogen) atoms. The van der Waals surface area contributed by atoms with Crippen LogP contribution in [0.5, 0.6) is 23.0 Å². The first-order valence-electron chi connectivity index (χ1n) is 20.8. The highest BCUT2D eigenvalue weighted by atomic mass is 16.6. The van der Waals surface area contributed by atoms with Crippen LogP contribution >= 0.6 is 0 Å². The Kier molecular flexibility index (Phi) is 13.0. The molecule has 0 aliphatic carbocycles. The lowest BCUT2D eigenvalue weighted by atomic mass is 9.67. The minimum absolute atomic E-state index is 0.243. The maximum atomic E-state index is 12.8. The molecule has 0 atom stereocenters. The molecule has 5 heteroatoms. The van der Waals surface area contributed by atoms with Crippen LogP contribution < -0.4 is 18.9 Å². The maximum absolute atomic E-state index is 12.8. The van der Waals surface area contributed by atoms with Gasteiger partial charge in [0.15, 0.2) is 6.61 Å². The lowest BCUT2D eigenvalue weighted by Gasteiger charge is -2.36. The summed E-state index contributed by atoms with van der Waals surface area (Å²) in [5.41, 5.74) is 6.42. The van der Waals surface area contributed by atoms with Gasteiger partial charge in [-0.3, -0.25) is 0 Å². The summed E-state index contributed by atoms with van der Waals surface area (Å²) in [6, 6.07) is 78.1. The van der Waals surface area contributed by atoms with E-state index in [1.807, 2.05) is 60.7 Å². The summed E-state index contributed by atoms with van der Waals surface area (Å²) in [5, 5.41) is 0. The molecule has 0 N–H and O–H groups in total. The lowest BCUT2D eigenvalue weighted by molar-refractivity contribution is -0.136. The van der Waals surface area contributed by atoms with Crippen molar-refractivity contribution >= 4 is 5.97 Å². The Balaban J connectivity index is 0.851. The summed E-state index contributed by atoms with van der Waals surface area (Å²) in [6.45, 7) is 0.697. The number of hydrogen-bond acceptors (Lipinski definition) is 5. The number of hydrogen-bond donors (Lipinski definition) is 0. The van der Waals surface area contributed by atoms with E-state index in [9.17, 15) is 4.79 Å². The zero-order chi connectivity index (χ0) is 41.6. The maximum Gasteiger partial charge on any atom is 0.349 e. The molecule has 0 spiro atoms. The topological polar surface area (TPSA) is 54.0 Å². The molecule has 8 aromatic rings. The Hall–Kier alpha value is -7.37. The van der Waals surface area contributed by atoms with E-state index in [4.69, 9.17) is 18.9 Å². The minimum Gasteiger partial charge on any atom is -0.494 e. The number of carbonyl (C=O) groups excluding carboxylic acids is 1. The molecular weight excluding hydrogens is 753 g/mol. The van der Waals surface area contributed by atoms with Gasteiger partial charge < -0.3 is 18.9 Å². The van der Waals surface area contributed by atoms with Crippen molar-refractivity contribution in [1.82, 2.24) is 0 Å². The second-order valence-electron chi connectivity index (χ2n) is 14.9. The van der Waals surface area contributed by atoms with Crippen LogP contribution in [0.25, 0.3) is 0 Å². The fourth-order valence-corrected chi connectivity index (χ4v) is 8.39. The number of esters is 1. The van der Waals surface area contributed by atoms with Crippen LogP contribution in [-0.4, -0.2) is 25.8 Å². The van der Waals surface area contributed by atoms with Crippen LogP contribution in [0.1, 0.15) is 46.2 Å². The van der Waals surface area contributed by atoms with Gasteiger partial charge in [-0.25, -0.2) is 4.79 Å². The summed E-state index contributed by atoms with van der Waals surface area (Å²) in [4.78, 5) is 12.8. The number of rotatable bonds is 18. The zero-order valence-electron chi connectivity index (χ0n) is 34.0. The summed E-state index contributed by atoms with van der Waals surface area (Å²) in [5.74, 6) is 1.84. The highest BCUT2D eigenvalue weighted by Crippen LogP contribution is 2.43. The van der Waals surface area contributed by atoms with E-state index in [1.165, 1.54) is 33.4 Å². The highest BCUT2D eigenvalue weighted by molar-refractivity contribution is 5.74. The molecule has 8 rings (SSSR count). The molecule has 0 amide bonds. The van der Waals surface area contributed by atoms with Gasteiger partial charge in [0.25, 0.3) is 0 Å². The molecule has 0 bridgehead atoms. The predicted molar refractivity (Wildman–Crippen MR) is 243 cm³/mol. The zero-order valence-corrected chi connectivity index (χ0v) is 34.0. The van der Waals surface area contributed by atoms with Crippen molar-refractivity contribution in [3.05, 3.63) is 264 Å². The average Bonchev–Trinajstić information content (AvgIpc) is 3.34. The van der Waals surface area contributed by atoms with Gasteiger partial charge in [0.05, 0.1) is 13.2 Å². The standard InChI is InChI=1S/C56H48O5/c57-54(61-53-37-35-51(36-38-53)59-42-40-56(47-25-13-4-14-26-47,48-27-15-5-16-28-48)49-29-17-6-18-30-49)43-60-52-33-31-50(32-34-52)58-41-39-55(44-19-7-1-8-20-44,45-21-9-2-10-22-45)46-23-11-3-12-24-46/h1-38H,39-43H2. The molecule has 0 aliphatic heterocycles. The Bertz CT molecular complexity index is 2340. The van der Waals surface area contributed by atoms with Crippen LogP contribution in [0.3, 0.4) is 0 Å². The van der Waals surface area contributed by atoms with E-state index in [2.05, 4.69) is 146 Å². The molecule has 8 aromatic carbocycles. The van der Waals surface area contributed by atoms with Crippen LogP contribution in [0.2, 0.25) is 0 Å². The Morgan fingerprint density at radius 3 is 0.836 bits per heavy atom. The predicted octanol–water partition coefficient (Wildman–Crippen LogP) is 12.3. The molecule has 0 fully saturated rings. The number of carbonyl (C=O) groups is 1. The van der Waals surface area contributed by atoms with Crippen molar-refractivity contribution in [1.29, 1.82) is 0 Å². The fourth-order valence-electron chi connectivity index (χ4n) is 8.39. The van der Waals surface area contributed by atoms with E-state index in [0.717, 1.165) is 6.42 Å². The molecule has 0 unspecified atom stereocenters. The van der Waals surface area contributed by atoms with Gasteiger partial charge in [-0.1, -0.05) is 182 Å². The summed E-state index contributed by atoms with van der Waals surface area (Å²) in [7, 11) is 0. The number of ether oxygens (including phenoxy) is 4. The van der Waals surface area contributed by atoms with Crippen LogP contribution in [0.4, 0.5) is 0 Å².